The molecule has 5 rings (SSSR count). The lowest BCUT2D eigenvalue weighted by Gasteiger charge is -2.72. The second-order valence-electron chi connectivity index (χ2n) is 12.9. The first-order chi connectivity index (χ1) is 16.7. The number of fused-ring (bicyclic) bond motifs is 5. The van der Waals surface area contributed by atoms with E-state index in [0.29, 0.717) is 25.0 Å². The number of carbonyl (C=O) groups excluding carboxylic acids is 3. The SMILES string of the molecule is CC(=O)OC1CC2C(C)(C)C(=O)CCC2(C)C2(C)CCC3(OC(C)=O)C(=CCC3c3ccoc3)C12C. The monoisotopic (exact) mass is 496 g/mol. The molecule has 0 spiro atoms. The zero-order chi connectivity index (χ0) is 26.3. The Morgan fingerprint density at radius 3 is 2.36 bits per heavy atom. The molecule has 0 aromatic carbocycles. The standard InChI is InChI=1S/C30H40O6/c1-18(31)35-25-16-23-26(3,4)24(33)10-12-27(23,5)28(6)13-14-30(36-19(2)32)21(20-11-15-34-17-20)8-9-22(30)29(25,28)7/h9,11,15,17,21,23,25H,8,10,12-14,16H2,1-7H3. The van der Waals surface area contributed by atoms with Crippen LogP contribution < -0.4 is 0 Å². The van der Waals surface area contributed by atoms with Crippen LogP contribution in [0.1, 0.15) is 98.5 Å². The van der Waals surface area contributed by atoms with Crippen molar-refractivity contribution in [1.29, 1.82) is 0 Å². The molecule has 1 heterocycles. The van der Waals surface area contributed by atoms with E-state index < -0.39 is 22.5 Å². The first-order valence-corrected chi connectivity index (χ1v) is 13.4. The van der Waals surface area contributed by atoms with Gasteiger partial charge in [0.2, 0.25) is 0 Å². The quantitative estimate of drug-likeness (QED) is 0.369. The van der Waals surface area contributed by atoms with Crippen LogP contribution in [0.2, 0.25) is 0 Å². The van der Waals surface area contributed by atoms with Crippen LogP contribution >= 0.6 is 0 Å². The zero-order valence-electron chi connectivity index (χ0n) is 22.7. The van der Waals surface area contributed by atoms with Gasteiger partial charge in [0.25, 0.3) is 0 Å². The number of hydrogen-bond donors (Lipinski definition) is 0. The molecule has 3 fully saturated rings. The fourth-order valence-corrected chi connectivity index (χ4v) is 9.35. The number of esters is 2. The van der Waals surface area contributed by atoms with Crippen molar-refractivity contribution in [2.24, 2.45) is 27.6 Å². The third-order valence-electron chi connectivity index (χ3n) is 11.4. The van der Waals surface area contributed by atoms with Crippen molar-refractivity contribution in [3.8, 4) is 0 Å². The van der Waals surface area contributed by atoms with E-state index in [2.05, 4.69) is 40.7 Å². The molecule has 3 saturated carbocycles. The van der Waals surface area contributed by atoms with Gasteiger partial charge in [0.15, 0.2) is 0 Å². The number of hydrogen-bond acceptors (Lipinski definition) is 6. The Balaban J connectivity index is 1.71. The molecule has 7 atom stereocenters. The van der Waals surface area contributed by atoms with Crippen molar-refractivity contribution >= 4 is 17.7 Å². The minimum Gasteiger partial charge on any atom is -0.472 e. The lowest BCUT2D eigenvalue weighted by molar-refractivity contribution is -0.248. The summed E-state index contributed by atoms with van der Waals surface area (Å²) in [6.45, 7) is 14.0. The van der Waals surface area contributed by atoms with Crippen molar-refractivity contribution in [3.63, 3.8) is 0 Å². The first-order valence-electron chi connectivity index (χ1n) is 13.4. The van der Waals surface area contributed by atoms with E-state index in [-0.39, 0.29) is 34.6 Å². The topological polar surface area (TPSA) is 82.8 Å². The summed E-state index contributed by atoms with van der Waals surface area (Å²) in [6.07, 6.45) is 9.45. The summed E-state index contributed by atoms with van der Waals surface area (Å²) in [5.41, 5.74) is -0.204. The number of rotatable bonds is 3. The molecule has 0 amide bonds. The molecule has 196 valence electrons. The van der Waals surface area contributed by atoms with Gasteiger partial charge in [-0.25, -0.2) is 0 Å². The molecule has 0 radical (unpaired) electrons. The molecular weight excluding hydrogens is 456 g/mol. The minimum atomic E-state index is -0.814. The van der Waals surface area contributed by atoms with Crippen molar-refractivity contribution < 1.29 is 28.3 Å². The fourth-order valence-electron chi connectivity index (χ4n) is 9.35. The number of furan rings is 1. The van der Waals surface area contributed by atoms with Gasteiger partial charge in [0.1, 0.15) is 17.5 Å². The van der Waals surface area contributed by atoms with Gasteiger partial charge >= 0.3 is 11.9 Å². The van der Waals surface area contributed by atoms with Crippen molar-refractivity contribution in [3.05, 3.63) is 35.8 Å². The molecular formula is C30H40O6. The molecule has 0 saturated heterocycles. The van der Waals surface area contributed by atoms with Gasteiger partial charge in [-0.3, -0.25) is 14.4 Å². The second-order valence-corrected chi connectivity index (χ2v) is 12.9. The molecule has 1 aromatic heterocycles. The van der Waals surface area contributed by atoms with Crippen LogP contribution in [0.5, 0.6) is 0 Å². The van der Waals surface area contributed by atoms with Gasteiger partial charge in [-0.1, -0.05) is 40.7 Å². The Morgan fingerprint density at radius 2 is 1.75 bits per heavy atom. The van der Waals surface area contributed by atoms with Crippen molar-refractivity contribution in [1.82, 2.24) is 0 Å². The highest BCUT2D eigenvalue weighted by atomic mass is 16.6. The summed E-state index contributed by atoms with van der Waals surface area (Å²) in [6, 6.07) is 1.96. The van der Waals surface area contributed by atoms with Crippen molar-refractivity contribution in [2.45, 2.75) is 105 Å². The summed E-state index contributed by atoms with van der Waals surface area (Å²) in [4.78, 5) is 38.2. The third-order valence-corrected chi connectivity index (χ3v) is 11.4. The molecule has 0 aliphatic heterocycles. The maximum absolute atomic E-state index is 13.1. The van der Waals surface area contributed by atoms with Gasteiger partial charge in [0, 0.05) is 37.0 Å². The highest BCUT2D eigenvalue weighted by Crippen LogP contribution is 2.77. The highest BCUT2D eigenvalue weighted by molar-refractivity contribution is 5.85. The average molecular weight is 497 g/mol. The maximum Gasteiger partial charge on any atom is 0.303 e. The number of Topliss-reactive ketones (excluding diaryl/α,β-unsaturated/α-hetero) is 1. The van der Waals surface area contributed by atoms with Crippen LogP contribution in [0.15, 0.2) is 34.7 Å². The molecule has 6 nitrogen and oxygen atoms in total. The summed E-state index contributed by atoms with van der Waals surface area (Å²) in [7, 11) is 0. The van der Waals surface area contributed by atoms with Crippen LogP contribution in [0, 0.1) is 27.6 Å². The predicted molar refractivity (Wildman–Crippen MR) is 134 cm³/mol. The largest absolute Gasteiger partial charge is 0.472 e. The number of allylic oxidation sites excluding steroid dienone is 1. The van der Waals surface area contributed by atoms with Gasteiger partial charge in [-0.2, -0.15) is 0 Å². The number of ketones is 1. The van der Waals surface area contributed by atoms with Crippen LogP contribution in [0.4, 0.5) is 0 Å². The van der Waals surface area contributed by atoms with Crippen molar-refractivity contribution in [2.75, 3.05) is 0 Å². The number of carbonyl (C=O) groups is 3. The van der Waals surface area contributed by atoms with E-state index in [1.54, 1.807) is 12.5 Å². The van der Waals surface area contributed by atoms with Gasteiger partial charge in [0.05, 0.1) is 12.5 Å². The molecule has 4 aliphatic carbocycles. The van der Waals surface area contributed by atoms with E-state index in [0.717, 1.165) is 30.4 Å². The molecule has 6 heteroatoms. The Morgan fingerprint density at radius 1 is 1.03 bits per heavy atom. The zero-order valence-corrected chi connectivity index (χ0v) is 22.7. The Hall–Kier alpha value is -2.37. The average Bonchev–Trinajstić information content (AvgIpc) is 3.43. The summed E-state index contributed by atoms with van der Waals surface area (Å²) < 4.78 is 18.0. The van der Waals surface area contributed by atoms with E-state index in [9.17, 15) is 14.4 Å². The van der Waals surface area contributed by atoms with Gasteiger partial charge in [-0.05, 0) is 66.1 Å². The van der Waals surface area contributed by atoms with E-state index in [1.165, 1.54) is 13.8 Å². The summed E-state index contributed by atoms with van der Waals surface area (Å²) in [5.74, 6) is -0.299. The van der Waals surface area contributed by atoms with Crippen LogP contribution in [-0.4, -0.2) is 29.4 Å². The summed E-state index contributed by atoms with van der Waals surface area (Å²) >= 11 is 0. The normalized spacial score (nSPS) is 43.0. The fraction of sp³-hybridized carbons (Fsp3) is 0.700. The second kappa shape index (κ2) is 7.82. The van der Waals surface area contributed by atoms with E-state index in [1.807, 2.05) is 6.07 Å². The molecule has 0 bridgehead atoms. The lowest BCUT2D eigenvalue weighted by atomic mass is 9.32. The van der Waals surface area contributed by atoms with Crippen LogP contribution in [0.25, 0.3) is 0 Å². The van der Waals surface area contributed by atoms with Gasteiger partial charge < -0.3 is 13.9 Å². The molecule has 7 unspecified atom stereocenters. The molecule has 4 aliphatic rings. The smallest absolute Gasteiger partial charge is 0.303 e. The Bertz CT molecular complexity index is 1130. The van der Waals surface area contributed by atoms with E-state index >= 15 is 0 Å². The maximum atomic E-state index is 13.1. The molecule has 1 aromatic rings. The molecule has 0 N–H and O–H groups in total. The van der Waals surface area contributed by atoms with Gasteiger partial charge in [-0.15, -0.1) is 0 Å². The third kappa shape index (κ3) is 2.99. The predicted octanol–water partition coefficient (Wildman–Crippen LogP) is 6.15. The minimum absolute atomic E-state index is 0.0515. The highest BCUT2D eigenvalue weighted by Gasteiger charge is 2.75. The van der Waals surface area contributed by atoms with Crippen LogP contribution in [0.3, 0.4) is 0 Å². The Labute approximate surface area is 214 Å². The molecule has 36 heavy (non-hydrogen) atoms. The Kier molecular flexibility index (Phi) is 5.49. The summed E-state index contributed by atoms with van der Waals surface area (Å²) in [5, 5.41) is 0. The first kappa shape index (κ1) is 25.3. The van der Waals surface area contributed by atoms with E-state index in [4.69, 9.17) is 13.9 Å². The van der Waals surface area contributed by atoms with Crippen LogP contribution in [-0.2, 0) is 23.9 Å². The number of ether oxygens (including phenoxy) is 2. The lowest BCUT2D eigenvalue weighted by Crippen LogP contribution is -2.71.